The minimum atomic E-state index is -0.412. The zero-order valence-electron chi connectivity index (χ0n) is 18.4. The van der Waals surface area contributed by atoms with Crippen molar-refractivity contribution < 1.29 is 18.7 Å². The van der Waals surface area contributed by atoms with Crippen LogP contribution in [0.2, 0.25) is 0 Å². The van der Waals surface area contributed by atoms with Gasteiger partial charge in [-0.15, -0.1) is 0 Å². The third kappa shape index (κ3) is 5.10. The molecule has 2 aromatic rings. The van der Waals surface area contributed by atoms with E-state index in [1.165, 1.54) is 12.1 Å². The van der Waals surface area contributed by atoms with E-state index in [1.54, 1.807) is 24.1 Å². The Balaban J connectivity index is 1.43. The van der Waals surface area contributed by atoms with Crippen molar-refractivity contribution in [3.8, 4) is 5.75 Å². The number of ether oxygens (including phenoxy) is 1. The molecule has 2 aliphatic rings. The zero-order chi connectivity index (χ0) is 22.5. The molecular weight excluding hydrogens is 409 g/mol. The largest absolute Gasteiger partial charge is 0.497 e. The van der Waals surface area contributed by atoms with Crippen molar-refractivity contribution in [2.24, 2.45) is 5.92 Å². The van der Waals surface area contributed by atoms with Gasteiger partial charge in [0, 0.05) is 43.5 Å². The first kappa shape index (κ1) is 22.3. The molecule has 4 rings (SSSR count). The number of nitrogens with zero attached hydrogens (tertiary/aromatic N) is 2. The van der Waals surface area contributed by atoms with Crippen LogP contribution in [0.5, 0.6) is 5.75 Å². The number of carbonyl (C=O) groups excluding carboxylic acids is 2. The van der Waals surface area contributed by atoms with Crippen LogP contribution in [0.1, 0.15) is 36.0 Å². The summed E-state index contributed by atoms with van der Waals surface area (Å²) in [5.74, 6) is 0.429. The van der Waals surface area contributed by atoms with Gasteiger partial charge in [-0.2, -0.15) is 0 Å². The van der Waals surface area contributed by atoms with Crippen LogP contribution in [0, 0.1) is 11.7 Å². The van der Waals surface area contributed by atoms with Crippen LogP contribution in [-0.2, 0) is 4.79 Å². The highest BCUT2D eigenvalue weighted by Crippen LogP contribution is 2.32. The average molecular weight is 440 g/mol. The lowest BCUT2D eigenvalue weighted by atomic mass is 9.94. The molecule has 32 heavy (non-hydrogen) atoms. The van der Waals surface area contributed by atoms with Gasteiger partial charge >= 0.3 is 0 Å². The summed E-state index contributed by atoms with van der Waals surface area (Å²) in [6, 6.07) is 13.0. The molecule has 0 aromatic heterocycles. The van der Waals surface area contributed by atoms with Crippen molar-refractivity contribution in [2.75, 3.05) is 38.6 Å². The number of rotatable bonds is 6. The summed E-state index contributed by atoms with van der Waals surface area (Å²) in [4.78, 5) is 30.1. The number of nitrogens with one attached hydrogen (secondary N) is 1. The van der Waals surface area contributed by atoms with Gasteiger partial charge in [-0.05, 0) is 49.1 Å². The summed E-state index contributed by atoms with van der Waals surface area (Å²) in [6.07, 6.45) is 4.37. The maximum Gasteiger partial charge on any atom is 0.254 e. The monoisotopic (exact) mass is 439 g/mol. The summed E-state index contributed by atoms with van der Waals surface area (Å²) in [5.41, 5.74) is 1.08. The highest BCUT2D eigenvalue weighted by molar-refractivity contribution is 5.96. The minimum Gasteiger partial charge on any atom is -0.497 e. The molecule has 2 amide bonds. The SMILES string of the molecule is COc1cccc(NC(=O)C(C2CCCC2)N2CCN(C(=O)c3cccc(F)c3)CC2)c1. The van der Waals surface area contributed by atoms with Crippen LogP contribution < -0.4 is 10.1 Å². The maximum atomic E-state index is 13.5. The smallest absolute Gasteiger partial charge is 0.254 e. The Labute approximate surface area is 188 Å². The molecule has 2 aromatic carbocycles. The van der Waals surface area contributed by atoms with Crippen molar-refractivity contribution in [3.05, 3.63) is 59.9 Å². The quantitative estimate of drug-likeness (QED) is 0.744. The Bertz CT molecular complexity index is 953. The molecule has 1 N–H and O–H groups in total. The molecule has 2 fully saturated rings. The molecule has 1 saturated carbocycles. The number of methoxy groups -OCH3 is 1. The normalized spacial score (nSPS) is 18.4. The Morgan fingerprint density at radius 3 is 2.44 bits per heavy atom. The Kier molecular flexibility index (Phi) is 7.05. The Morgan fingerprint density at radius 2 is 1.75 bits per heavy atom. The van der Waals surface area contributed by atoms with Crippen molar-refractivity contribution in [1.29, 1.82) is 0 Å². The van der Waals surface area contributed by atoms with E-state index in [2.05, 4.69) is 10.2 Å². The summed E-state index contributed by atoms with van der Waals surface area (Å²) in [7, 11) is 1.60. The molecule has 1 atom stereocenters. The lowest BCUT2D eigenvalue weighted by Crippen LogP contribution is -2.56. The third-order valence-electron chi connectivity index (χ3n) is 6.52. The standard InChI is InChI=1S/C25H30FN3O3/c1-32-22-11-5-10-21(17-22)27-24(30)23(18-6-2-3-7-18)28-12-14-29(15-13-28)25(31)19-8-4-9-20(26)16-19/h4-5,8-11,16-18,23H,2-3,6-7,12-15H2,1H3,(H,27,30). The third-order valence-corrected chi connectivity index (χ3v) is 6.52. The van der Waals surface area contributed by atoms with Crippen LogP contribution in [-0.4, -0.2) is 60.9 Å². The van der Waals surface area contributed by atoms with Crippen molar-refractivity contribution >= 4 is 17.5 Å². The first-order valence-corrected chi connectivity index (χ1v) is 11.3. The summed E-state index contributed by atoms with van der Waals surface area (Å²) < 4.78 is 18.8. The van der Waals surface area contributed by atoms with Crippen LogP contribution in [0.15, 0.2) is 48.5 Å². The summed E-state index contributed by atoms with van der Waals surface area (Å²) >= 11 is 0. The minimum absolute atomic E-state index is 0.00457. The van der Waals surface area contributed by atoms with E-state index < -0.39 is 5.82 Å². The summed E-state index contributed by atoms with van der Waals surface area (Å²) in [5, 5.41) is 3.07. The van der Waals surface area contributed by atoms with Crippen LogP contribution in [0.4, 0.5) is 10.1 Å². The highest BCUT2D eigenvalue weighted by atomic mass is 19.1. The van der Waals surface area contributed by atoms with Crippen molar-refractivity contribution in [3.63, 3.8) is 0 Å². The Morgan fingerprint density at radius 1 is 1.03 bits per heavy atom. The summed E-state index contributed by atoms with van der Waals surface area (Å²) in [6.45, 7) is 2.28. The average Bonchev–Trinajstić information content (AvgIpc) is 3.33. The van der Waals surface area contributed by atoms with Crippen molar-refractivity contribution in [1.82, 2.24) is 9.80 Å². The number of hydrogen-bond acceptors (Lipinski definition) is 4. The molecular formula is C25H30FN3O3. The van der Waals surface area contributed by atoms with Crippen molar-refractivity contribution in [2.45, 2.75) is 31.7 Å². The van der Waals surface area contributed by atoms with Gasteiger partial charge in [0.15, 0.2) is 0 Å². The predicted molar refractivity (Wildman–Crippen MR) is 121 cm³/mol. The number of hydrogen-bond donors (Lipinski definition) is 1. The fourth-order valence-corrected chi connectivity index (χ4v) is 4.88. The fraction of sp³-hybridized carbons (Fsp3) is 0.440. The highest BCUT2D eigenvalue weighted by Gasteiger charge is 2.37. The van der Waals surface area contributed by atoms with E-state index in [9.17, 15) is 14.0 Å². The molecule has 1 aliphatic heterocycles. The Hall–Kier alpha value is -2.93. The number of carbonyl (C=O) groups is 2. The van der Waals surface area contributed by atoms with Crippen LogP contribution in [0.3, 0.4) is 0 Å². The number of benzene rings is 2. The first-order valence-electron chi connectivity index (χ1n) is 11.3. The molecule has 0 bridgehead atoms. The molecule has 6 nitrogen and oxygen atoms in total. The molecule has 1 unspecified atom stereocenters. The second-order valence-electron chi connectivity index (χ2n) is 8.55. The molecule has 0 spiro atoms. The van der Waals surface area contributed by atoms with Gasteiger partial charge in [0.05, 0.1) is 13.2 Å². The molecule has 7 heteroatoms. The van der Waals surface area contributed by atoms with Crippen LogP contribution >= 0.6 is 0 Å². The zero-order valence-corrected chi connectivity index (χ0v) is 18.4. The van der Waals surface area contributed by atoms with E-state index in [-0.39, 0.29) is 17.9 Å². The second kappa shape index (κ2) is 10.1. The number of halogens is 1. The molecule has 1 heterocycles. The van der Waals surface area contributed by atoms with Gasteiger partial charge in [-0.1, -0.05) is 25.0 Å². The topological polar surface area (TPSA) is 61.9 Å². The van der Waals surface area contributed by atoms with Gasteiger partial charge in [0.25, 0.3) is 5.91 Å². The van der Waals surface area contributed by atoms with Gasteiger partial charge in [0.2, 0.25) is 5.91 Å². The first-order chi connectivity index (χ1) is 15.5. The van der Waals surface area contributed by atoms with E-state index in [0.717, 1.165) is 31.4 Å². The van der Waals surface area contributed by atoms with Gasteiger partial charge in [-0.3, -0.25) is 14.5 Å². The van der Waals surface area contributed by atoms with Crippen LogP contribution in [0.25, 0.3) is 0 Å². The van der Waals surface area contributed by atoms with E-state index in [0.29, 0.717) is 43.4 Å². The molecule has 170 valence electrons. The van der Waals surface area contributed by atoms with E-state index >= 15 is 0 Å². The molecule has 0 radical (unpaired) electrons. The molecule has 1 aliphatic carbocycles. The molecule has 1 saturated heterocycles. The number of anilines is 1. The second-order valence-corrected chi connectivity index (χ2v) is 8.55. The van der Waals surface area contributed by atoms with Gasteiger partial charge in [0.1, 0.15) is 11.6 Å². The number of amides is 2. The van der Waals surface area contributed by atoms with Gasteiger partial charge < -0.3 is 15.0 Å². The lowest BCUT2D eigenvalue weighted by molar-refractivity contribution is -0.123. The van der Waals surface area contributed by atoms with E-state index in [4.69, 9.17) is 4.74 Å². The fourth-order valence-electron chi connectivity index (χ4n) is 4.88. The van der Waals surface area contributed by atoms with Gasteiger partial charge in [-0.25, -0.2) is 4.39 Å². The van der Waals surface area contributed by atoms with E-state index in [1.807, 2.05) is 24.3 Å². The number of piperazine rings is 1. The lowest BCUT2D eigenvalue weighted by Gasteiger charge is -2.40. The maximum absolute atomic E-state index is 13.5. The predicted octanol–water partition coefficient (Wildman–Crippen LogP) is 3.79.